The maximum Gasteiger partial charge on any atom is 0.226 e. The van der Waals surface area contributed by atoms with Gasteiger partial charge >= 0.3 is 0 Å². The number of amides is 2. The summed E-state index contributed by atoms with van der Waals surface area (Å²) in [6, 6.07) is 3.49. The predicted octanol–water partition coefficient (Wildman–Crippen LogP) is -0.0951. The van der Waals surface area contributed by atoms with Crippen LogP contribution in [-0.4, -0.2) is 49.1 Å². The van der Waals surface area contributed by atoms with E-state index in [1.807, 2.05) is 0 Å². The van der Waals surface area contributed by atoms with Crippen LogP contribution in [0.3, 0.4) is 0 Å². The minimum Gasteiger partial charge on any atom is -0.378 e. The molecule has 0 bridgehead atoms. The second-order valence-corrected chi connectivity index (χ2v) is 4.81. The molecule has 2 heterocycles. The van der Waals surface area contributed by atoms with Crippen molar-refractivity contribution in [2.75, 3.05) is 31.6 Å². The summed E-state index contributed by atoms with van der Waals surface area (Å²) in [5.41, 5.74) is 0.699. The zero-order valence-corrected chi connectivity index (χ0v) is 11.8. The first-order chi connectivity index (χ1) is 10.2. The minimum absolute atomic E-state index is 0.0596. The van der Waals surface area contributed by atoms with E-state index >= 15 is 0 Å². The molecule has 21 heavy (non-hydrogen) atoms. The highest BCUT2D eigenvalue weighted by atomic mass is 16.5. The van der Waals surface area contributed by atoms with E-state index in [4.69, 9.17) is 4.74 Å². The van der Waals surface area contributed by atoms with Gasteiger partial charge in [0.2, 0.25) is 11.8 Å². The highest BCUT2D eigenvalue weighted by Crippen LogP contribution is 2.03. The van der Waals surface area contributed by atoms with Crippen molar-refractivity contribution in [2.24, 2.45) is 0 Å². The Balaban J connectivity index is 1.60. The zero-order valence-electron chi connectivity index (χ0n) is 11.8. The fourth-order valence-electron chi connectivity index (χ4n) is 2.02. The van der Waals surface area contributed by atoms with Gasteiger partial charge in [0.15, 0.2) is 0 Å². The van der Waals surface area contributed by atoms with Crippen molar-refractivity contribution in [2.45, 2.75) is 18.9 Å². The Labute approximate surface area is 123 Å². The standard InChI is InChI=1S/C14H20N4O3/c19-13(18-11-1-4-15-5-2-11)3-6-17-14(20)9-12-10-21-8-7-16-12/h1-2,4-5,12,16H,3,6-10H2,(H,17,20)(H,15,18,19). The van der Waals surface area contributed by atoms with Crippen LogP contribution in [0.4, 0.5) is 5.69 Å². The van der Waals surface area contributed by atoms with Crippen molar-refractivity contribution in [3.05, 3.63) is 24.5 Å². The van der Waals surface area contributed by atoms with Gasteiger partial charge in [0.25, 0.3) is 0 Å². The van der Waals surface area contributed by atoms with Crippen LogP contribution >= 0.6 is 0 Å². The van der Waals surface area contributed by atoms with Gasteiger partial charge < -0.3 is 20.7 Å². The average Bonchev–Trinajstić information content (AvgIpc) is 2.49. The highest BCUT2D eigenvalue weighted by Gasteiger charge is 2.16. The third kappa shape index (κ3) is 5.88. The van der Waals surface area contributed by atoms with E-state index in [1.165, 1.54) is 0 Å². The number of aromatic nitrogens is 1. The van der Waals surface area contributed by atoms with E-state index in [-0.39, 0.29) is 24.3 Å². The van der Waals surface area contributed by atoms with Gasteiger partial charge in [0, 0.05) is 50.1 Å². The third-order valence-corrected chi connectivity index (χ3v) is 3.07. The van der Waals surface area contributed by atoms with Gasteiger partial charge in [0.05, 0.1) is 13.2 Å². The smallest absolute Gasteiger partial charge is 0.226 e. The first-order valence-corrected chi connectivity index (χ1v) is 7.02. The van der Waals surface area contributed by atoms with Crippen LogP contribution in [0.25, 0.3) is 0 Å². The van der Waals surface area contributed by atoms with Gasteiger partial charge in [-0.25, -0.2) is 0 Å². The largest absolute Gasteiger partial charge is 0.378 e. The normalized spacial score (nSPS) is 18.0. The number of nitrogens with zero attached hydrogens (tertiary/aromatic N) is 1. The average molecular weight is 292 g/mol. The molecule has 114 valence electrons. The van der Waals surface area contributed by atoms with Crippen molar-refractivity contribution in [3.8, 4) is 0 Å². The molecule has 1 aliphatic heterocycles. The number of carbonyl (C=O) groups is 2. The van der Waals surface area contributed by atoms with Crippen LogP contribution in [0, 0.1) is 0 Å². The Morgan fingerprint density at radius 3 is 2.86 bits per heavy atom. The molecular weight excluding hydrogens is 272 g/mol. The number of carbonyl (C=O) groups excluding carboxylic acids is 2. The van der Waals surface area contributed by atoms with Gasteiger partial charge in [0.1, 0.15) is 0 Å². The van der Waals surface area contributed by atoms with E-state index in [0.29, 0.717) is 31.9 Å². The predicted molar refractivity (Wildman–Crippen MR) is 77.7 cm³/mol. The molecule has 7 nitrogen and oxygen atoms in total. The van der Waals surface area contributed by atoms with Gasteiger partial charge in [-0.3, -0.25) is 14.6 Å². The maximum atomic E-state index is 11.7. The van der Waals surface area contributed by atoms with E-state index in [1.54, 1.807) is 24.5 Å². The summed E-state index contributed by atoms with van der Waals surface area (Å²) >= 11 is 0. The third-order valence-electron chi connectivity index (χ3n) is 3.07. The summed E-state index contributed by atoms with van der Waals surface area (Å²) in [7, 11) is 0. The second-order valence-electron chi connectivity index (χ2n) is 4.81. The van der Waals surface area contributed by atoms with Gasteiger partial charge in [-0.05, 0) is 12.1 Å². The number of anilines is 1. The van der Waals surface area contributed by atoms with Crippen LogP contribution < -0.4 is 16.0 Å². The highest BCUT2D eigenvalue weighted by molar-refractivity contribution is 5.91. The Kier molecular flexibility index (Phi) is 6.11. The van der Waals surface area contributed by atoms with E-state index < -0.39 is 0 Å². The number of rotatable bonds is 6. The summed E-state index contributed by atoms with van der Waals surface area (Å²) in [5.74, 6) is -0.213. The Morgan fingerprint density at radius 2 is 2.14 bits per heavy atom. The Morgan fingerprint density at radius 1 is 1.33 bits per heavy atom. The molecule has 0 aromatic carbocycles. The molecular formula is C14H20N4O3. The molecule has 0 saturated carbocycles. The number of nitrogens with one attached hydrogen (secondary N) is 3. The van der Waals surface area contributed by atoms with Crippen LogP contribution in [0.5, 0.6) is 0 Å². The van der Waals surface area contributed by atoms with Crippen molar-refractivity contribution < 1.29 is 14.3 Å². The van der Waals surface area contributed by atoms with Gasteiger partial charge in [-0.1, -0.05) is 0 Å². The maximum absolute atomic E-state index is 11.7. The molecule has 1 atom stereocenters. The zero-order chi connectivity index (χ0) is 14.9. The van der Waals surface area contributed by atoms with Crippen molar-refractivity contribution in [1.82, 2.24) is 15.6 Å². The van der Waals surface area contributed by atoms with Crippen molar-refractivity contribution in [1.29, 1.82) is 0 Å². The molecule has 1 aliphatic rings. The number of morpholine rings is 1. The fourth-order valence-corrected chi connectivity index (χ4v) is 2.02. The molecule has 0 aliphatic carbocycles. The first-order valence-electron chi connectivity index (χ1n) is 7.02. The monoisotopic (exact) mass is 292 g/mol. The van der Waals surface area contributed by atoms with Gasteiger partial charge in [-0.2, -0.15) is 0 Å². The number of pyridine rings is 1. The molecule has 1 aromatic rings. The van der Waals surface area contributed by atoms with Crippen molar-refractivity contribution >= 4 is 17.5 Å². The lowest BCUT2D eigenvalue weighted by Gasteiger charge is -2.23. The SMILES string of the molecule is O=C(CC1COCCN1)NCCC(=O)Nc1ccncc1. The van der Waals surface area contributed by atoms with Gasteiger partial charge in [-0.15, -0.1) is 0 Å². The number of ether oxygens (including phenoxy) is 1. The summed E-state index contributed by atoms with van der Waals surface area (Å²) in [6.07, 6.45) is 3.82. The Bertz CT molecular complexity index is 461. The molecule has 7 heteroatoms. The topological polar surface area (TPSA) is 92.4 Å². The molecule has 0 spiro atoms. The molecule has 1 unspecified atom stereocenters. The van der Waals surface area contributed by atoms with Crippen LogP contribution in [0.15, 0.2) is 24.5 Å². The molecule has 2 rings (SSSR count). The summed E-state index contributed by atoms with van der Waals surface area (Å²) < 4.78 is 5.28. The molecule has 2 amide bonds. The molecule has 1 saturated heterocycles. The minimum atomic E-state index is -0.138. The van der Waals surface area contributed by atoms with Crippen LogP contribution in [0.1, 0.15) is 12.8 Å². The molecule has 1 aromatic heterocycles. The number of hydrogen-bond donors (Lipinski definition) is 3. The summed E-state index contributed by atoms with van der Waals surface area (Å²) in [6.45, 7) is 2.33. The quantitative estimate of drug-likeness (QED) is 0.681. The lowest BCUT2D eigenvalue weighted by molar-refractivity contribution is -0.122. The summed E-state index contributed by atoms with van der Waals surface area (Å²) in [4.78, 5) is 27.2. The van der Waals surface area contributed by atoms with Crippen LogP contribution in [0.2, 0.25) is 0 Å². The second kappa shape index (κ2) is 8.33. The number of hydrogen-bond acceptors (Lipinski definition) is 5. The lowest BCUT2D eigenvalue weighted by Crippen LogP contribution is -2.44. The van der Waals surface area contributed by atoms with E-state index in [0.717, 1.165) is 6.54 Å². The van der Waals surface area contributed by atoms with E-state index in [9.17, 15) is 9.59 Å². The lowest BCUT2D eigenvalue weighted by atomic mass is 10.2. The molecule has 0 radical (unpaired) electrons. The van der Waals surface area contributed by atoms with Crippen LogP contribution in [-0.2, 0) is 14.3 Å². The molecule has 3 N–H and O–H groups in total. The van der Waals surface area contributed by atoms with Crippen molar-refractivity contribution in [3.63, 3.8) is 0 Å². The fraction of sp³-hybridized carbons (Fsp3) is 0.500. The first kappa shape index (κ1) is 15.4. The van der Waals surface area contributed by atoms with E-state index in [2.05, 4.69) is 20.9 Å². The molecule has 1 fully saturated rings. The summed E-state index contributed by atoms with van der Waals surface area (Å²) in [5, 5.41) is 8.68. The Hall–Kier alpha value is -1.99.